The molecule has 16 heteroatoms. The van der Waals surface area contributed by atoms with Gasteiger partial charge in [-0.15, -0.1) is 0 Å². The highest BCUT2D eigenvalue weighted by Crippen LogP contribution is 2.29. The normalized spacial score (nSPS) is 10.7. The predicted octanol–water partition coefficient (Wildman–Crippen LogP) is 15.4. The third-order valence-electron chi connectivity index (χ3n) is 12.7. The molecular weight excluding hydrogens is 1060 g/mol. The molecule has 7 aromatic carbocycles. The van der Waals surface area contributed by atoms with E-state index in [-0.39, 0.29) is 43.4 Å². The van der Waals surface area contributed by atoms with Gasteiger partial charge in [0, 0.05) is 38.0 Å². The fourth-order valence-corrected chi connectivity index (χ4v) is 8.31. The fraction of sp³-hybridized carbons (Fsp3) is 0.343. The summed E-state index contributed by atoms with van der Waals surface area (Å²) in [6.45, 7) is 12.6. The van der Waals surface area contributed by atoms with Crippen molar-refractivity contribution in [3.63, 3.8) is 0 Å². The molecule has 0 saturated heterocycles. The first kappa shape index (κ1) is 65.3. The number of benzene rings is 7. The minimum absolute atomic E-state index is 0.00461. The van der Waals surface area contributed by atoms with Crippen LogP contribution in [0.25, 0.3) is 10.8 Å². The SMILES string of the molecule is CC(C)c1ccccc1OC(=O)NCCCC(=O)c1ccc2cc(OCC[18F])ccc2c1.CC(C)c1ccccc1OC(=O)NCCc1ccc(OCCC[18F])cc1.CC(C)c1ccccc1OC(=O)NCCc1ccc(OCC[18F])cc1. The van der Waals surface area contributed by atoms with Crippen LogP contribution < -0.4 is 44.4 Å². The van der Waals surface area contributed by atoms with Crippen LogP contribution in [0.5, 0.6) is 34.5 Å². The number of alkyl halides is 3. The molecule has 7 aromatic rings. The predicted molar refractivity (Wildman–Crippen MR) is 321 cm³/mol. The van der Waals surface area contributed by atoms with E-state index in [0.29, 0.717) is 92.7 Å². The molecule has 0 aliphatic rings. The van der Waals surface area contributed by atoms with E-state index in [1.54, 1.807) is 42.5 Å². The van der Waals surface area contributed by atoms with Crippen LogP contribution in [-0.4, -0.2) is 83.5 Å². The number of ketones is 1. The summed E-state index contributed by atoms with van der Waals surface area (Å²) in [6.07, 6.45) is 1.13. The van der Waals surface area contributed by atoms with Crippen molar-refractivity contribution >= 4 is 34.8 Å². The third-order valence-corrected chi connectivity index (χ3v) is 12.7. The lowest BCUT2D eigenvalue weighted by molar-refractivity contribution is 0.0979. The topological polar surface area (TPSA) is 160 Å². The van der Waals surface area contributed by atoms with Crippen molar-refractivity contribution in [2.45, 2.75) is 91.4 Å². The number of ether oxygens (including phenoxy) is 6. The number of carbonyl (C=O) groups is 4. The second-order valence-electron chi connectivity index (χ2n) is 20.0. The van der Waals surface area contributed by atoms with E-state index in [1.807, 2.05) is 129 Å². The molecule has 7 rings (SSSR count). The van der Waals surface area contributed by atoms with Gasteiger partial charge < -0.3 is 44.4 Å². The number of hydrogen-bond acceptors (Lipinski definition) is 10. The lowest BCUT2D eigenvalue weighted by Gasteiger charge is -2.13. The minimum Gasteiger partial charge on any atom is -0.494 e. The molecule has 0 radical (unpaired) electrons. The fourth-order valence-electron chi connectivity index (χ4n) is 8.31. The highest BCUT2D eigenvalue weighted by molar-refractivity contribution is 6.00. The van der Waals surface area contributed by atoms with Crippen LogP contribution in [0.1, 0.15) is 117 Å². The third kappa shape index (κ3) is 23.5. The van der Waals surface area contributed by atoms with Crippen LogP contribution in [0.15, 0.2) is 158 Å². The van der Waals surface area contributed by atoms with E-state index in [0.717, 1.165) is 44.3 Å². The Morgan fingerprint density at radius 3 is 1.23 bits per heavy atom. The van der Waals surface area contributed by atoms with Crippen molar-refractivity contribution in [2.75, 3.05) is 59.5 Å². The molecule has 0 heterocycles. The molecule has 0 unspecified atom stereocenters. The Hall–Kier alpha value is -8.53. The number of Topliss-reactive ketones (excluding diaryl/α,β-unsaturated/α-hetero) is 1. The summed E-state index contributed by atoms with van der Waals surface area (Å²) in [5.41, 5.74) is 5.72. The Kier molecular flexibility index (Phi) is 28.3. The van der Waals surface area contributed by atoms with Gasteiger partial charge >= 0.3 is 18.3 Å². The number of rotatable bonds is 27. The van der Waals surface area contributed by atoms with Gasteiger partial charge in [-0.05, 0) is 136 Å². The zero-order valence-electron chi connectivity index (χ0n) is 48.4. The summed E-state index contributed by atoms with van der Waals surface area (Å²) in [5.74, 6) is 4.50. The molecule has 3 amide bonds. The molecule has 0 atom stereocenters. The molecule has 3 N–H and O–H groups in total. The van der Waals surface area contributed by atoms with Gasteiger partial charge in [0.1, 0.15) is 61.1 Å². The number of hydrogen-bond donors (Lipinski definition) is 3. The maximum Gasteiger partial charge on any atom is 0.412 e. The Morgan fingerprint density at radius 2 is 0.795 bits per heavy atom. The van der Waals surface area contributed by atoms with Crippen molar-refractivity contribution in [1.29, 1.82) is 0 Å². The first-order chi connectivity index (χ1) is 40.2. The quantitative estimate of drug-likeness (QED) is 0.0334. The molecule has 0 aliphatic carbocycles. The van der Waals surface area contributed by atoms with Crippen LogP contribution >= 0.6 is 0 Å². The van der Waals surface area contributed by atoms with Crippen molar-refractivity contribution in [3.05, 3.63) is 191 Å². The largest absolute Gasteiger partial charge is 0.494 e. The smallest absolute Gasteiger partial charge is 0.412 e. The van der Waals surface area contributed by atoms with E-state index in [9.17, 15) is 32.3 Å². The lowest BCUT2D eigenvalue weighted by Crippen LogP contribution is -2.29. The van der Waals surface area contributed by atoms with Crippen molar-refractivity contribution in [3.8, 4) is 34.5 Å². The van der Waals surface area contributed by atoms with Crippen LogP contribution in [-0.2, 0) is 12.8 Å². The second-order valence-corrected chi connectivity index (χ2v) is 20.0. The summed E-state index contributed by atoms with van der Waals surface area (Å²) in [5, 5.41) is 10.1. The summed E-state index contributed by atoms with van der Waals surface area (Å²) in [6, 6.07) is 48.4. The summed E-state index contributed by atoms with van der Waals surface area (Å²) in [7, 11) is 0. The first-order valence-corrected chi connectivity index (χ1v) is 28.1. The molecule has 0 saturated carbocycles. The number of fused-ring (bicyclic) bond motifs is 1. The summed E-state index contributed by atoms with van der Waals surface area (Å²) >= 11 is 0. The lowest BCUT2D eigenvalue weighted by atomic mass is 10.0. The summed E-state index contributed by atoms with van der Waals surface area (Å²) < 4.78 is 68.5. The van der Waals surface area contributed by atoms with Gasteiger partial charge in [0.15, 0.2) is 5.78 Å². The molecule has 13 nitrogen and oxygen atoms in total. The molecule has 0 aliphatic heterocycles. The molecular formula is C67H78F3N3O10. The van der Waals surface area contributed by atoms with E-state index in [2.05, 4.69) is 43.6 Å². The average molecular weight is 1140 g/mol. The van der Waals surface area contributed by atoms with Crippen molar-refractivity contribution in [2.24, 2.45) is 0 Å². The van der Waals surface area contributed by atoms with Gasteiger partial charge in [0.2, 0.25) is 0 Å². The molecule has 0 fully saturated rings. The highest BCUT2D eigenvalue weighted by atomic mass is 18.2. The van der Waals surface area contributed by atoms with Crippen molar-refractivity contribution in [1.82, 2.24) is 16.0 Å². The molecule has 0 bridgehead atoms. The van der Waals surface area contributed by atoms with E-state index < -0.39 is 31.6 Å². The van der Waals surface area contributed by atoms with Crippen molar-refractivity contribution < 1.29 is 60.8 Å². The van der Waals surface area contributed by atoms with Gasteiger partial charge in [-0.25, -0.2) is 23.2 Å². The first-order valence-electron chi connectivity index (χ1n) is 28.1. The number of para-hydroxylation sites is 3. The summed E-state index contributed by atoms with van der Waals surface area (Å²) in [4.78, 5) is 48.6. The highest BCUT2D eigenvalue weighted by Gasteiger charge is 2.15. The maximum absolute atomic E-state index is 12.5. The van der Waals surface area contributed by atoms with Gasteiger partial charge in [-0.2, -0.15) is 0 Å². The van der Waals surface area contributed by atoms with E-state index >= 15 is 0 Å². The van der Waals surface area contributed by atoms with Crippen LogP contribution in [0.2, 0.25) is 0 Å². The average Bonchev–Trinajstić information content (AvgIpc) is 3.58. The standard InChI is InChI=1S/C26H28FNO4.C21H26FNO3.C20H24FNO3/c1-18(2)23-6-3-4-8-25(23)32-26(30)28-14-5-7-24(29)21-10-9-20-17-22(31-15-13-27)12-11-19(20)16-21;1-16(2)19-6-3-4-7-20(19)26-21(24)23-14-12-17-8-10-18(11-9-17)25-15-5-13-22;1-15(2)18-5-3-4-6-19(18)25-20(23)22-13-11-16-7-9-17(10-8-16)24-14-12-21/h3-4,6,8-12,16-18H,5,7,13-15H2,1-2H3,(H,28,30);3-4,6-11,16H,5,12-15H2,1-2H3,(H,23,24);3-10,15H,11-14H2,1-2H3,(H,22,23)/i27-1;22-1;21-1. The second kappa shape index (κ2) is 36.0. The van der Waals surface area contributed by atoms with E-state index in [4.69, 9.17) is 28.4 Å². The van der Waals surface area contributed by atoms with Crippen LogP contribution in [0, 0.1) is 0 Å². The number of halogens is 3. The van der Waals surface area contributed by atoms with Gasteiger partial charge in [0.25, 0.3) is 0 Å². The Bertz CT molecular complexity index is 3080. The Morgan fingerprint density at radius 1 is 0.410 bits per heavy atom. The maximum atomic E-state index is 12.5. The number of nitrogens with one attached hydrogen (secondary N) is 3. The van der Waals surface area contributed by atoms with Gasteiger partial charge in [-0.1, -0.05) is 139 Å². The molecule has 442 valence electrons. The Labute approximate surface area is 486 Å². The number of amides is 3. The zero-order valence-corrected chi connectivity index (χ0v) is 48.4. The molecule has 0 aromatic heterocycles. The zero-order chi connectivity index (χ0) is 59.8. The molecule has 0 spiro atoms. The number of carbonyl (C=O) groups excluding carboxylic acids is 4. The monoisotopic (exact) mass is 1140 g/mol. The van der Waals surface area contributed by atoms with E-state index in [1.165, 1.54) is 0 Å². The van der Waals surface area contributed by atoms with Crippen LogP contribution in [0.3, 0.4) is 0 Å². The minimum atomic E-state index is -0.538. The van der Waals surface area contributed by atoms with Crippen LogP contribution in [0.4, 0.5) is 27.6 Å². The van der Waals surface area contributed by atoms with Gasteiger partial charge in [-0.3, -0.25) is 9.18 Å². The molecule has 83 heavy (non-hydrogen) atoms. The van der Waals surface area contributed by atoms with Gasteiger partial charge in [0.05, 0.1) is 13.3 Å². The Balaban J connectivity index is 0.000000230.